The maximum absolute atomic E-state index is 12.0. The van der Waals surface area contributed by atoms with E-state index in [1.807, 2.05) is 12.1 Å². The molecular weight excluding hydrogens is 252 g/mol. The zero-order valence-electron chi connectivity index (χ0n) is 11.7. The molecule has 108 valence electrons. The van der Waals surface area contributed by atoms with Crippen molar-refractivity contribution in [3.05, 3.63) is 35.4 Å². The van der Waals surface area contributed by atoms with Gasteiger partial charge < -0.3 is 11.1 Å². The first-order valence-electron chi connectivity index (χ1n) is 7.33. The van der Waals surface area contributed by atoms with Crippen LogP contribution in [0.4, 0.5) is 0 Å². The minimum atomic E-state index is -0.415. The molecule has 1 aliphatic carbocycles. The van der Waals surface area contributed by atoms with Crippen LogP contribution in [0.3, 0.4) is 0 Å². The van der Waals surface area contributed by atoms with Crippen LogP contribution in [0.2, 0.25) is 0 Å². The second-order valence-electron chi connectivity index (χ2n) is 5.44. The Morgan fingerprint density at radius 2 is 1.75 bits per heavy atom. The molecule has 1 aliphatic rings. The quantitative estimate of drug-likeness (QED) is 0.862. The molecular formula is C16H22N2O2. The van der Waals surface area contributed by atoms with Gasteiger partial charge in [-0.3, -0.25) is 9.59 Å². The van der Waals surface area contributed by atoms with E-state index in [9.17, 15) is 9.59 Å². The Balaban J connectivity index is 1.74. The number of benzene rings is 1. The highest BCUT2D eigenvalue weighted by molar-refractivity contribution is 5.92. The average molecular weight is 274 g/mol. The topological polar surface area (TPSA) is 72.2 Å². The van der Waals surface area contributed by atoms with Crippen molar-refractivity contribution in [2.24, 2.45) is 11.7 Å². The summed E-state index contributed by atoms with van der Waals surface area (Å²) >= 11 is 0. The summed E-state index contributed by atoms with van der Waals surface area (Å²) in [6.45, 7) is 0.644. The van der Waals surface area contributed by atoms with Gasteiger partial charge in [-0.25, -0.2) is 0 Å². The lowest BCUT2D eigenvalue weighted by Crippen LogP contribution is -2.33. The highest BCUT2D eigenvalue weighted by Gasteiger charge is 2.20. The monoisotopic (exact) mass is 274 g/mol. The van der Waals surface area contributed by atoms with Crippen LogP contribution in [0, 0.1) is 5.92 Å². The molecule has 1 aromatic rings. The number of carbonyl (C=O) groups is 2. The zero-order valence-corrected chi connectivity index (χ0v) is 11.7. The van der Waals surface area contributed by atoms with Crippen LogP contribution in [0.15, 0.2) is 24.3 Å². The minimum Gasteiger partial charge on any atom is -0.366 e. The van der Waals surface area contributed by atoms with Crippen molar-refractivity contribution in [2.75, 3.05) is 6.54 Å². The molecule has 0 spiro atoms. The van der Waals surface area contributed by atoms with Gasteiger partial charge in [0, 0.05) is 18.0 Å². The number of hydrogen-bond donors (Lipinski definition) is 2. The van der Waals surface area contributed by atoms with E-state index >= 15 is 0 Å². The van der Waals surface area contributed by atoms with Gasteiger partial charge in [0.2, 0.25) is 11.8 Å². The standard InChI is InChI=1S/C16H22N2O2/c17-15(19)13-8-6-12(7-9-13)10-11-18-16(20)14-4-2-1-3-5-14/h6-9,14H,1-5,10-11H2,(H2,17,19)(H,18,20). The molecule has 0 radical (unpaired) electrons. The van der Waals surface area contributed by atoms with E-state index in [0.29, 0.717) is 12.1 Å². The Kier molecular flexibility index (Phi) is 5.16. The average Bonchev–Trinajstić information content (AvgIpc) is 2.48. The predicted octanol–water partition coefficient (Wildman–Crippen LogP) is 2.02. The van der Waals surface area contributed by atoms with Crippen molar-refractivity contribution in [3.63, 3.8) is 0 Å². The molecule has 1 fully saturated rings. The number of nitrogens with two attached hydrogens (primary N) is 1. The normalized spacial score (nSPS) is 15.8. The fraction of sp³-hybridized carbons (Fsp3) is 0.500. The van der Waals surface area contributed by atoms with Gasteiger partial charge >= 0.3 is 0 Å². The maximum atomic E-state index is 12.0. The first-order valence-corrected chi connectivity index (χ1v) is 7.33. The van der Waals surface area contributed by atoms with Gasteiger partial charge in [0.05, 0.1) is 0 Å². The second kappa shape index (κ2) is 7.08. The van der Waals surface area contributed by atoms with Crippen LogP contribution in [0.25, 0.3) is 0 Å². The Bertz CT molecular complexity index is 462. The third-order valence-electron chi connectivity index (χ3n) is 3.93. The molecule has 2 rings (SSSR count). The molecule has 4 heteroatoms. The molecule has 0 bridgehead atoms. The Labute approximate surface area is 119 Å². The van der Waals surface area contributed by atoms with E-state index in [0.717, 1.165) is 24.8 Å². The van der Waals surface area contributed by atoms with Gasteiger partial charge in [-0.05, 0) is 37.0 Å². The smallest absolute Gasteiger partial charge is 0.248 e. The van der Waals surface area contributed by atoms with Crippen LogP contribution in [0.5, 0.6) is 0 Å². The first kappa shape index (κ1) is 14.6. The fourth-order valence-corrected chi connectivity index (χ4v) is 2.67. The van der Waals surface area contributed by atoms with Crippen LogP contribution in [-0.2, 0) is 11.2 Å². The second-order valence-corrected chi connectivity index (χ2v) is 5.44. The van der Waals surface area contributed by atoms with E-state index in [2.05, 4.69) is 5.32 Å². The lowest BCUT2D eigenvalue weighted by Gasteiger charge is -2.20. The highest BCUT2D eigenvalue weighted by atomic mass is 16.2. The summed E-state index contributed by atoms with van der Waals surface area (Å²) in [6.07, 6.45) is 6.44. The van der Waals surface area contributed by atoms with Crippen molar-refractivity contribution >= 4 is 11.8 Å². The molecule has 0 unspecified atom stereocenters. The summed E-state index contributed by atoms with van der Waals surface area (Å²) in [6, 6.07) is 7.21. The molecule has 2 amide bonds. The maximum Gasteiger partial charge on any atom is 0.248 e. The summed E-state index contributed by atoms with van der Waals surface area (Å²) in [7, 11) is 0. The van der Waals surface area contributed by atoms with E-state index in [1.54, 1.807) is 12.1 Å². The van der Waals surface area contributed by atoms with Crippen LogP contribution in [-0.4, -0.2) is 18.4 Å². The van der Waals surface area contributed by atoms with E-state index in [1.165, 1.54) is 19.3 Å². The van der Waals surface area contributed by atoms with E-state index in [4.69, 9.17) is 5.73 Å². The highest BCUT2D eigenvalue weighted by Crippen LogP contribution is 2.23. The number of rotatable bonds is 5. The number of carbonyl (C=O) groups excluding carboxylic acids is 2. The Morgan fingerprint density at radius 1 is 1.10 bits per heavy atom. The molecule has 20 heavy (non-hydrogen) atoms. The molecule has 0 atom stereocenters. The molecule has 0 saturated heterocycles. The Morgan fingerprint density at radius 3 is 2.35 bits per heavy atom. The third-order valence-corrected chi connectivity index (χ3v) is 3.93. The fourth-order valence-electron chi connectivity index (χ4n) is 2.67. The minimum absolute atomic E-state index is 0.193. The zero-order chi connectivity index (χ0) is 14.4. The summed E-state index contributed by atoms with van der Waals surface area (Å²) in [5.41, 5.74) is 6.80. The summed E-state index contributed by atoms with van der Waals surface area (Å²) in [5, 5.41) is 3.01. The van der Waals surface area contributed by atoms with Crippen molar-refractivity contribution in [2.45, 2.75) is 38.5 Å². The molecule has 0 aromatic heterocycles. The summed E-state index contributed by atoms with van der Waals surface area (Å²) in [5.74, 6) is -0.0124. The number of primary amides is 1. The molecule has 0 aliphatic heterocycles. The van der Waals surface area contributed by atoms with Crippen molar-refractivity contribution in [1.82, 2.24) is 5.32 Å². The molecule has 4 nitrogen and oxygen atoms in total. The lowest BCUT2D eigenvalue weighted by molar-refractivity contribution is -0.125. The van der Waals surface area contributed by atoms with Gasteiger partial charge in [0.1, 0.15) is 0 Å². The van der Waals surface area contributed by atoms with Gasteiger partial charge in [0.15, 0.2) is 0 Å². The van der Waals surface area contributed by atoms with Crippen LogP contribution < -0.4 is 11.1 Å². The molecule has 3 N–H and O–H groups in total. The number of amides is 2. The van der Waals surface area contributed by atoms with Gasteiger partial charge in [0.25, 0.3) is 0 Å². The molecule has 0 heterocycles. The summed E-state index contributed by atoms with van der Waals surface area (Å²) in [4.78, 5) is 22.9. The van der Waals surface area contributed by atoms with Crippen molar-refractivity contribution in [3.8, 4) is 0 Å². The lowest BCUT2D eigenvalue weighted by atomic mass is 9.88. The van der Waals surface area contributed by atoms with E-state index < -0.39 is 5.91 Å². The van der Waals surface area contributed by atoms with Gasteiger partial charge in [-0.1, -0.05) is 31.4 Å². The number of hydrogen-bond acceptors (Lipinski definition) is 2. The third kappa shape index (κ3) is 4.08. The molecule has 1 saturated carbocycles. The summed E-state index contributed by atoms with van der Waals surface area (Å²) < 4.78 is 0. The Hall–Kier alpha value is -1.84. The first-order chi connectivity index (χ1) is 9.66. The SMILES string of the molecule is NC(=O)c1ccc(CCNC(=O)C2CCCCC2)cc1. The van der Waals surface area contributed by atoms with Crippen LogP contribution >= 0.6 is 0 Å². The van der Waals surface area contributed by atoms with Gasteiger partial charge in [-0.15, -0.1) is 0 Å². The van der Waals surface area contributed by atoms with Crippen molar-refractivity contribution in [1.29, 1.82) is 0 Å². The van der Waals surface area contributed by atoms with Crippen molar-refractivity contribution < 1.29 is 9.59 Å². The van der Waals surface area contributed by atoms with Gasteiger partial charge in [-0.2, -0.15) is 0 Å². The largest absolute Gasteiger partial charge is 0.366 e. The molecule has 1 aromatic carbocycles. The predicted molar refractivity (Wildman–Crippen MR) is 78.2 cm³/mol. The number of nitrogens with one attached hydrogen (secondary N) is 1. The van der Waals surface area contributed by atoms with Crippen LogP contribution in [0.1, 0.15) is 48.0 Å². The van der Waals surface area contributed by atoms with E-state index in [-0.39, 0.29) is 11.8 Å².